The number of hydrogen-bond donors (Lipinski definition) is 2. The van der Waals surface area contributed by atoms with Crippen LogP contribution in [0.3, 0.4) is 0 Å². The summed E-state index contributed by atoms with van der Waals surface area (Å²) in [6, 6.07) is 0.513. The van der Waals surface area contributed by atoms with Crippen LogP contribution in [0.5, 0.6) is 0 Å². The molecule has 1 aliphatic carbocycles. The number of guanidine groups is 1. The molecule has 0 aromatic heterocycles. The number of nitrogens with zero attached hydrogens (tertiary/aromatic N) is 2. The second-order valence-corrected chi connectivity index (χ2v) is 7.63. The van der Waals surface area contributed by atoms with Crippen LogP contribution in [0.2, 0.25) is 0 Å². The van der Waals surface area contributed by atoms with Crippen LogP contribution < -0.4 is 10.6 Å². The number of nitrogens with one attached hydrogen (secondary N) is 2. The van der Waals surface area contributed by atoms with Crippen LogP contribution in [0.4, 0.5) is 0 Å². The smallest absolute Gasteiger partial charge is 0.191 e. The van der Waals surface area contributed by atoms with Crippen LogP contribution in [-0.4, -0.2) is 50.1 Å². The van der Waals surface area contributed by atoms with E-state index in [0.29, 0.717) is 6.04 Å². The molecule has 2 unspecified atom stereocenters. The number of rotatable bonds is 7. The van der Waals surface area contributed by atoms with Crippen molar-refractivity contribution in [1.82, 2.24) is 15.5 Å². The van der Waals surface area contributed by atoms with Gasteiger partial charge in [0.05, 0.1) is 0 Å². The maximum Gasteiger partial charge on any atom is 0.191 e. The molecule has 5 heteroatoms. The minimum atomic E-state index is 0. The Morgan fingerprint density at radius 3 is 2.54 bits per heavy atom. The van der Waals surface area contributed by atoms with Gasteiger partial charge in [-0.05, 0) is 51.1 Å². The molecule has 24 heavy (non-hydrogen) atoms. The molecule has 0 aromatic carbocycles. The summed E-state index contributed by atoms with van der Waals surface area (Å²) in [6.45, 7) is 9.27. The van der Waals surface area contributed by atoms with E-state index >= 15 is 0 Å². The van der Waals surface area contributed by atoms with Gasteiger partial charge in [-0.3, -0.25) is 4.99 Å². The molecule has 2 fully saturated rings. The van der Waals surface area contributed by atoms with E-state index in [1.807, 2.05) is 7.05 Å². The van der Waals surface area contributed by atoms with Gasteiger partial charge in [0, 0.05) is 26.2 Å². The standard InChI is InChI=1S/C19H38N4.HI/c1-4-23-13-12-18(15-23)14-21-19(20-3)22-16(2)10-11-17-8-6-5-7-9-17;/h16-18H,4-15H2,1-3H3,(H2,20,21,22);1H. The predicted molar refractivity (Wildman–Crippen MR) is 115 cm³/mol. The fraction of sp³-hybridized carbons (Fsp3) is 0.947. The van der Waals surface area contributed by atoms with E-state index in [2.05, 4.69) is 34.4 Å². The van der Waals surface area contributed by atoms with Crippen LogP contribution >= 0.6 is 24.0 Å². The number of halogens is 1. The van der Waals surface area contributed by atoms with Crippen molar-refractivity contribution in [3.05, 3.63) is 0 Å². The zero-order chi connectivity index (χ0) is 16.5. The largest absolute Gasteiger partial charge is 0.356 e. The molecule has 0 amide bonds. The van der Waals surface area contributed by atoms with Crippen LogP contribution in [0, 0.1) is 11.8 Å². The Labute approximate surface area is 166 Å². The Hall–Kier alpha value is -0.0400. The van der Waals surface area contributed by atoms with Crippen molar-refractivity contribution in [2.45, 2.75) is 71.3 Å². The predicted octanol–water partition coefficient (Wildman–Crippen LogP) is 3.86. The zero-order valence-corrected chi connectivity index (χ0v) is 18.4. The lowest BCUT2D eigenvalue weighted by atomic mass is 9.85. The minimum absolute atomic E-state index is 0. The fourth-order valence-electron chi connectivity index (χ4n) is 4.07. The fourth-order valence-corrected chi connectivity index (χ4v) is 4.07. The summed E-state index contributed by atoms with van der Waals surface area (Å²) in [5.41, 5.74) is 0. The lowest BCUT2D eigenvalue weighted by Gasteiger charge is -2.24. The normalized spacial score (nSPS) is 24.5. The maximum atomic E-state index is 4.40. The second kappa shape index (κ2) is 12.3. The third kappa shape index (κ3) is 7.89. The highest BCUT2D eigenvalue weighted by Gasteiger charge is 2.21. The van der Waals surface area contributed by atoms with Gasteiger partial charge in [-0.25, -0.2) is 0 Å². The lowest BCUT2D eigenvalue weighted by molar-refractivity contribution is 0.322. The second-order valence-electron chi connectivity index (χ2n) is 7.63. The van der Waals surface area contributed by atoms with Gasteiger partial charge in [0.15, 0.2) is 5.96 Å². The highest BCUT2D eigenvalue weighted by molar-refractivity contribution is 14.0. The van der Waals surface area contributed by atoms with Gasteiger partial charge in [-0.15, -0.1) is 24.0 Å². The van der Waals surface area contributed by atoms with Gasteiger partial charge in [-0.2, -0.15) is 0 Å². The molecule has 4 nitrogen and oxygen atoms in total. The topological polar surface area (TPSA) is 39.7 Å². The molecule has 0 radical (unpaired) electrons. The molecule has 142 valence electrons. The van der Waals surface area contributed by atoms with Crippen molar-refractivity contribution in [3.8, 4) is 0 Å². The van der Waals surface area contributed by atoms with E-state index in [1.54, 1.807) is 0 Å². The third-order valence-corrected chi connectivity index (χ3v) is 5.71. The highest BCUT2D eigenvalue weighted by Crippen LogP contribution is 2.27. The molecule has 0 spiro atoms. The van der Waals surface area contributed by atoms with Crippen molar-refractivity contribution in [2.24, 2.45) is 16.8 Å². The van der Waals surface area contributed by atoms with Gasteiger partial charge in [-0.1, -0.05) is 39.0 Å². The first-order valence-corrected chi connectivity index (χ1v) is 9.90. The molecule has 0 bridgehead atoms. The molecule has 0 aromatic rings. The Morgan fingerprint density at radius 2 is 1.92 bits per heavy atom. The highest BCUT2D eigenvalue weighted by atomic mass is 127. The molecule has 1 saturated carbocycles. The Kier molecular flexibility index (Phi) is 11.3. The first-order chi connectivity index (χ1) is 11.2. The van der Waals surface area contributed by atoms with Crippen molar-refractivity contribution >= 4 is 29.9 Å². The van der Waals surface area contributed by atoms with Gasteiger partial charge in [0.25, 0.3) is 0 Å². The average molecular weight is 450 g/mol. The monoisotopic (exact) mass is 450 g/mol. The van der Waals surface area contributed by atoms with E-state index in [-0.39, 0.29) is 24.0 Å². The summed E-state index contributed by atoms with van der Waals surface area (Å²) in [5.74, 6) is 2.73. The van der Waals surface area contributed by atoms with E-state index in [0.717, 1.165) is 24.3 Å². The molecule has 2 N–H and O–H groups in total. The molecule has 1 saturated heterocycles. The minimum Gasteiger partial charge on any atom is -0.356 e. The average Bonchev–Trinajstić information content (AvgIpc) is 3.05. The van der Waals surface area contributed by atoms with Crippen LogP contribution in [0.15, 0.2) is 4.99 Å². The quantitative estimate of drug-likeness (QED) is 0.352. The van der Waals surface area contributed by atoms with E-state index in [1.165, 1.54) is 71.0 Å². The molecule has 1 aliphatic heterocycles. The Balaban J connectivity index is 0.00000288. The van der Waals surface area contributed by atoms with E-state index in [9.17, 15) is 0 Å². The summed E-state index contributed by atoms with van der Waals surface area (Å²) >= 11 is 0. The van der Waals surface area contributed by atoms with Crippen LogP contribution in [0.25, 0.3) is 0 Å². The van der Waals surface area contributed by atoms with Crippen molar-refractivity contribution < 1.29 is 0 Å². The summed E-state index contributed by atoms with van der Waals surface area (Å²) < 4.78 is 0. The lowest BCUT2D eigenvalue weighted by Crippen LogP contribution is -2.44. The molecular formula is C19H39IN4. The maximum absolute atomic E-state index is 4.40. The summed E-state index contributed by atoms with van der Waals surface area (Å²) in [4.78, 5) is 6.94. The first kappa shape index (κ1) is 22.0. The molecule has 2 atom stereocenters. The van der Waals surface area contributed by atoms with Crippen LogP contribution in [-0.2, 0) is 0 Å². The van der Waals surface area contributed by atoms with E-state index in [4.69, 9.17) is 0 Å². The van der Waals surface area contributed by atoms with Gasteiger partial charge in [0.1, 0.15) is 0 Å². The van der Waals surface area contributed by atoms with Gasteiger partial charge >= 0.3 is 0 Å². The van der Waals surface area contributed by atoms with Crippen molar-refractivity contribution in [3.63, 3.8) is 0 Å². The Morgan fingerprint density at radius 1 is 1.17 bits per heavy atom. The molecule has 1 heterocycles. The molecular weight excluding hydrogens is 411 g/mol. The van der Waals surface area contributed by atoms with Crippen molar-refractivity contribution in [1.29, 1.82) is 0 Å². The van der Waals surface area contributed by atoms with Crippen LogP contribution in [0.1, 0.15) is 65.2 Å². The summed E-state index contributed by atoms with van der Waals surface area (Å²) in [7, 11) is 1.89. The number of aliphatic imine (C=N–C) groups is 1. The Bertz CT molecular complexity index is 355. The number of hydrogen-bond acceptors (Lipinski definition) is 2. The zero-order valence-electron chi connectivity index (χ0n) is 16.0. The van der Waals surface area contributed by atoms with Gasteiger partial charge < -0.3 is 15.5 Å². The van der Waals surface area contributed by atoms with E-state index < -0.39 is 0 Å². The van der Waals surface area contributed by atoms with Crippen molar-refractivity contribution in [2.75, 3.05) is 33.2 Å². The SMILES string of the molecule is CCN1CCC(CNC(=NC)NC(C)CCC2CCCCC2)C1.I. The third-order valence-electron chi connectivity index (χ3n) is 5.71. The first-order valence-electron chi connectivity index (χ1n) is 9.90. The summed E-state index contributed by atoms with van der Waals surface area (Å²) in [6.07, 6.45) is 11.2. The van der Waals surface area contributed by atoms with Gasteiger partial charge in [0.2, 0.25) is 0 Å². The summed E-state index contributed by atoms with van der Waals surface area (Å²) in [5, 5.41) is 7.12. The molecule has 2 rings (SSSR count). The molecule has 2 aliphatic rings. The number of likely N-dealkylation sites (tertiary alicyclic amines) is 1.